The fourth-order valence-electron chi connectivity index (χ4n) is 2.94. The van der Waals surface area contributed by atoms with Crippen LogP contribution >= 0.6 is 15.9 Å². The van der Waals surface area contributed by atoms with Gasteiger partial charge in [-0.1, -0.05) is 0 Å². The van der Waals surface area contributed by atoms with Crippen molar-refractivity contribution >= 4 is 21.4 Å². The lowest BCUT2D eigenvalue weighted by molar-refractivity contribution is 0.198. The van der Waals surface area contributed by atoms with Crippen LogP contribution < -0.4 is 0 Å². The number of nitrogens with zero attached hydrogens (tertiary/aromatic N) is 3. The molecular formula is C14H18BrN3. The van der Waals surface area contributed by atoms with E-state index < -0.39 is 0 Å². The van der Waals surface area contributed by atoms with Crippen LogP contribution in [0.1, 0.15) is 38.6 Å². The second kappa shape index (κ2) is 4.67. The standard InChI is InChI=1S/C14H18BrN3/c1-10(2)17-7-4-6-12(17)14-16-9-13-11(15)5-3-8-18(13)14/h3,5,8-10,12H,4,6-7H2,1-2H3. The fraction of sp³-hybridized carbons (Fsp3) is 0.500. The third-order valence-electron chi connectivity index (χ3n) is 3.80. The Bertz CT molecular complexity index is 561. The molecule has 0 aromatic carbocycles. The molecule has 1 aliphatic rings. The van der Waals surface area contributed by atoms with Gasteiger partial charge in [0, 0.05) is 16.7 Å². The van der Waals surface area contributed by atoms with Gasteiger partial charge in [-0.15, -0.1) is 0 Å². The zero-order valence-corrected chi connectivity index (χ0v) is 12.4. The summed E-state index contributed by atoms with van der Waals surface area (Å²) in [6.07, 6.45) is 6.56. The Hall–Kier alpha value is -0.870. The Kier molecular flexibility index (Phi) is 3.16. The van der Waals surface area contributed by atoms with Crippen LogP contribution in [0.4, 0.5) is 0 Å². The average molecular weight is 308 g/mol. The van der Waals surface area contributed by atoms with Gasteiger partial charge in [0.25, 0.3) is 0 Å². The van der Waals surface area contributed by atoms with Crippen molar-refractivity contribution < 1.29 is 0 Å². The monoisotopic (exact) mass is 307 g/mol. The highest BCUT2D eigenvalue weighted by molar-refractivity contribution is 9.10. The van der Waals surface area contributed by atoms with Gasteiger partial charge >= 0.3 is 0 Å². The zero-order valence-electron chi connectivity index (χ0n) is 10.8. The smallest absolute Gasteiger partial charge is 0.130 e. The van der Waals surface area contributed by atoms with E-state index in [1.807, 2.05) is 6.20 Å². The molecule has 0 radical (unpaired) electrons. The molecule has 96 valence electrons. The van der Waals surface area contributed by atoms with Gasteiger partial charge in [0.15, 0.2) is 0 Å². The number of fused-ring (bicyclic) bond motifs is 1. The SMILES string of the molecule is CC(C)N1CCCC1c1ncc2c(Br)cccn12. The molecule has 2 aromatic rings. The molecule has 4 heteroatoms. The molecule has 2 aromatic heterocycles. The molecule has 18 heavy (non-hydrogen) atoms. The van der Waals surface area contributed by atoms with Crippen LogP contribution in [0.15, 0.2) is 29.0 Å². The lowest BCUT2D eigenvalue weighted by atomic mass is 10.2. The first-order valence-corrected chi connectivity index (χ1v) is 7.35. The molecule has 1 fully saturated rings. The quantitative estimate of drug-likeness (QED) is 0.844. The Morgan fingerprint density at radius 2 is 2.28 bits per heavy atom. The van der Waals surface area contributed by atoms with Crippen molar-refractivity contribution in [2.24, 2.45) is 0 Å². The predicted molar refractivity (Wildman–Crippen MR) is 76.7 cm³/mol. The van der Waals surface area contributed by atoms with E-state index in [1.54, 1.807) is 0 Å². The first kappa shape index (κ1) is 12.2. The van der Waals surface area contributed by atoms with E-state index in [4.69, 9.17) is 0 Å². The summed E-state index contributed by atoms with van der Waals surface area (Å²) in [4.78, 5) is 7.21. The van der Waals surface area contributed by atoms with Crippen molar-refractivity contribution in [3.05, 3.63) is 34.8 Å². The van der Waals surface area contributed by atoms with E-state index >= 15 is 0 Å². The maximum absolute atomic E-state index is 4.66. The van der Waals surface area contributed by atoms with E-state index in [1.165, 1.54) is 25.2 Å². The number of hydrogen-bond acceptors (Lipinski definition) is 2. The van der Waals surface area contributed by atoms with Crippen molar-refractivity contribution in [3.63, 3.8) is 0 Å². The van der Waals surface area contributed by atoms with Gasteiger partial charge in [0.1, 0.15) is 5.82 Å². The molecule has 0 N–H and O–H groups in total. The first-order valence-electron chi connectivity index (χ1n) is 6.55. The van der Waals surface area contributed by atoms with Gasteiger partial charge in [-0.3, -0.25) is 4.90 Å². The molecule has 0 amide bonds. The fourth-order valence-corrected chi connectivity index (χ4v) is 3.38. The Morgan fingerprint density at radius 3 is 3.06 bits per heavy atom. The summed E-state index contributed by atoms with van der Waals surface area (Å²) in [5.41, 5.74) is 1.16. The topological polar surface area (TPSA) is 20.5 Å². The minimum absolute atomic E-state index is 0.460. The van der Waals surface area contributed by atoms with Gasteiger partial charge < -0.3 is 4.40 Å². The van der Waals surface area contributed by atoms with E-state index in [2.05, 4.69) is 62.4 Å². The molecule has 1 unspecified atom stereocenters. The van der Waals surface area contributed by atoms with Crippen LogP contribution in [0.25, 0.3) is 5.52 Å². The molecule has 0 bridgehead atoms. The Labute approximate surface area is 116 Å². The third-order valence-corrected chi connectivity index (χ3v) is 4.47. The molecule has 0 saturated carbocycles. The van der Waals surface area contributed by atoms with Gasteiger partial charge in [-0.05, 0) is 61.3 Å². The number of pyridine rings is 1. The van der Waals surface area contributed by atoms with Gasteiger partial charge in [0.05, 0.1) is 17.8 Å². The molecular weight excluding hydrogens is 290 g/mol. The number of halogens is 1. The number of aromatic nitrogens is 2. The maximum atomic E-state index is 4.66. The van der Waals surface area contributed by atoms with Crippen LogP contribution in [-0.2, 0) is 0 Å². The zero-order chi connectivity index (χ0) is 12.7. The van der Waals surface area contributed by atoms with Crippen molar-refractivity contribution in [2.75, 3.05) is 6.54 Å². The molecule has 0 aliphatic carbocycles. The van der Waals surface area contributed by atoms with Crippen LogP contribution in [0.3, 0.4) is 0 Å². The van der Waals surface area contributed by atoms with Crippen LogP contribution in [-0.4, -0.2) is 26.9 Å². The summed E-state index contributed by atoms with van der Waals surface area (Å²) >= 11 is 3.59. The highest BCUT2D eigenvalue weighted by Crippen LogP contribution is 2.33. The summed E-state index contributed by atoms with van der Waals surface area (Å²) in [5, 5.41) is 0. The van der Waals surface area contributed by atoms with Crippen LogP contribution in [0.5, 0.6) is 0 Å². The van der Waals surface area contributed by atoms with E-state index in [0.29, 0.717) is 12.1 Å². The number of imidazole rings is 1. The molecule has 3 heterocycles. The van der Waals surface area contributed by atoms with Crippen molar-refractivity contribution in [3.8, 4) is 0 Å². The van der Waals surface area contributed by atoms with Crippen LogP contribution in [0.2, 0.25) is 0 Å². The van der Waals surface area contributed by atoms with Crippen molar-refractivity contribution in [1.29, 1.82) is 0 Å². The molecule has 1 aliphatic heterocycles. The maximum Gasteiger partial charge on any atom is 0.130 e. The number of rotatable bonds is 2. The highest BCUT2D eigenvalue weighted by atomic mass is 79.9. The Morgan fingerprint density at radius 1 is 1.44 bits per heavy atom. The molecule has 0 spiro atoms. The largest absolute Gasteiger partial charge is 0.301 e. The second-order valence-corrected chi connectivity index (χ2v) is 6.07. The van der Waals surface area contributed by atoms with E-state index in [9.17, 15) is 0 Å². The summed E-state index contributed by atoms with van der Waals surface area (Å²) in [6.45, 7) is 5.72. The molecule has 3 rings (SSSR count). The summed E-state index contributed by atoms with van der Waals surface area (Å²) in [6, 6.07) is 5.17. The van der Waals surface area contributed by atoms with Gasteiger partial charge in [-0.25, -0.2) is 4.98 Å². The van der Waals surface area contributed by atoms with Gasteiger partial charge in [0.2, 0.25) is 0 Å². The molecule has 1 saturated heterocycles. The lowest BCUT2D eigenvalue weighted by Gasteiger charge is -2.27. The van der Waals surface area contributed by atoms with Crippen molar-refractivity contribution in [1.82, 2.24) is 14.3 Å². The normalized spacial score (nSPS) is 21.2. The summed E-state index contributed by atoms with van der Waals surface area (Å²) in [7, 11) is 0. The summed E-state index contributed by atoms with van der Waals surface area (Å²) < 4.78 is 3.33. The molecule has 3 nitrogen and oxygen atoms in total. The minimum atomic E-state index is 0.460. The molecule has 1 atom stereocenters. The first-order chi connectivity index (χ1) is 8.68. The Balaban J connectivity index is 2.07. The van der Waals surface area contributed by atoms with Crippen molar-refractivity contribution in [2.45, 2.75) is 38.8 Å². The lowest BCUT2D eigenvalue weighted by Crippen LogP contribution is -2.31. The third kappa shape index (κ3) is 1.88. The van der Waals surface area contributed by atoms with Gasteiger partial charge in [-0.2, -0.15) is 0 Å². The van der Waals surface area contributed by atoms with Crippen LogP contribution in [0, 0.1) is 0 Å². The highest BCUT2D eigenvalue weighted by Gasteiger charge is 2.30. The average Bonchev–Trinajstić information content (AvgIpc) is 2.94. The van der Waals surface area contributed by atoms with E-state index in [0.717, 1.165) is 9.99 Å². The number of hydrogen-bond donors (Lipinski definition) is 0. The summed E-state index contributed by atoms with van der Waals surface area (Å²) in [5.74, 6) is 1.18. The second-order valence-electron chi connectivity index (χ2n) is 5.22. The number of likely N-dealkylation sites (tertiary alicyclic amines) is 1. The predicted octanol–water partition coefficient (Wildman–Crippen LogP) is 3.64. The van der Waals surface area contributed by atoms with E-state index in [-0.39, 0.29) is 0 Å². The minimum Gasteiger partial charge on any atom is -0.301 e.